The Hall–Kier alpha value is -3.50. The summed E-state index contributed by atoms with van der Waals surface area (Å²) in [5, 5.41) is 15.6. The third-order valence-electron chi connectivity index (χ3n) is 6.29. The lowest BCUT2D eigenvalue weighted by atomic mass is 9.95. The van der Waals surface area contributed by atoms with E-state index in [0.717, 1.165) is 43.7 Å². The van der Waals surface area contributed by atoms with Crippen LogP contribution >= 0.6 is 11.6 Å². The fourth-order valence-corrected chi connectivity index (χ4v) is 5.08. The average molecular weight is 427 g/mol. The maximum absolute atomic E-state index is 13.6. The molecule has 31 heavy (non-hydrogen) atoms. The summed E-state index contributed by atoms with van der Waals surface area (Å²) in [5.41, 5.74) is 3.21. The number of phenolic OH excluding ortho intramolecular Hbond substituents is 1. The zero-order valence-corrected chi connectivity index (χ0v) is 17.4. The van der Waals surface area contributed by atoms with E-state index in [1.807, 2.05) is 42.5 Å². The van der Waals surface area contributed by atoms with Gasteiger partial charge in [0.15, 0.2) is 0 Å². The molecule has 2 heterocycles. The Balaban J connectivity index is 1.48. The summed E-state index contributed by atoms with van der Waals surface area (Å²) in [7, 11) is 0. The molecule has 0 fully saturated rings. The van der Waals surface area contributed by atoms with Crippen molar-refractivity contribution in [3.8, 4) is 5.75 Å². The number of alkyl halides is 1. The van der Waals surface area contributed by atoms with Gasteiger partial charge < -0.3 is 15.0 Å². The average Bonchev–Trinajstić information content (AvgIpc) is 3.38. The summed E-state index contributed by atoms with van der Waals surface area (Å²) in [6, 6.07) is 23.6. The number of phenols is 1. The lowest BCUT2D eigenvalue weighted by Crippen LogP contribution is -2.30. The lowest BCUT2D eigenvalue weighted by molar-refractivity contribution is 0.0984. The number of rotatable bonds is 2. The maximum atomic E-state index is 13.6. The van der Waals surface area contributed by atoms with Gasteiger partial charge in [0.1, 0.15) is 11.4 Å². The van der Waals surface area contributed by atoms with Gasteiger partial charge in [-0.3, -0.25) is 4.79 Å². The number of carbonyl (C=O) groups excluding carboxylic acids is 1. The van der Waals surface area contributed by atoms with Crippen molar-refractivity contribution in [1.82, 2.24) is 4.98 Å². The number of anilines is 1. The Kier molecular flexibility index (Phi) is 3.99. The van der Waals surface area contributed by atoms with Crippen molar-refractivity contribution in [3.63, 3.8) is 0 Å². The number of carbonyl (C=O) groups is 1. The van der Waals surface area contributed by atoms with Crippen LogP contribution in [0.1, 0.15) is 22.0 Å². The van der Waals surface area contributed by atoms with Crippen molar-refractivity contribution in [2.45, 2.75) is 5.92 Å². The highest BCUT2D eigenvalue weighted by molar-refractivity contribution is 6.19. The molecule has 1 amide bonds. The van der Waals surface area contributed by atoms with Gasteiger partial charge in [0.05, 0.1) is 5.69 Å². The highest BCUT2D eigenvalue weighted by Crippen LogP contribution is 2.45. The number of H-pyrrole nitrogens is 1. The number of hydrogen-bond acceptors (Lipinski definition) is 2. The number of benzene rings is 4. The minimum atomic E-state index is -0.121. The summed E-state index contributed by atoms with van der Waals surface area (Å²) in [6.07, 6.45) is 0. The summed E-state index contributed by atoms with van der Waals surface area (Å²) in [6.45, 7) is 0.489. The third-order valence-corrected chi connectivity index (χ3v) is 6.67. The SMILES string of the molecule is O=C(c1cc2cc3ccccc3cc2[nH]1)N1CC(CCl)c2c1cc(O)c1ccccc21. The van der Waals surface area contributed by atoms with Gasteiger partial charge in [-0.2, -0.15) is 0 Å². The van der Waals surface area contributed by atoms with Crippen LogP contribution in [0.25, 0.3) is 32.4 Å². The van der Waals surface area contributed by atoms with Gasteiger partial charge >= 0.3 is 0 Å². The van der Waals surface area contributed by atoms with Gasteiger partial charge in [0, 0.05) is 40.7 Å². The fourth-order valence-electron chi connectivity index (χ4n) is 4.83. The zero-order valence-electron chi connectivity index (χ0n) is 16.6. The standard InChI is InChI=1S/C26H19ClN2O2/c27-13-18-14-29(23-12-24(30)19-7-3-4-8-20(19)25(18)23)26(31)22-11-17-9-15-5-1-2-6-16(15)10-21(17)28-22/h1-12,18,28,30H,13-14H2. The molecule has 1 unspecified atom stereocenters. The fraction of sp³-hybridized carbons (Fsp3) is 0.115. The van der Waals surface area contributed by atoms with Gasteiger partial charge in [0.2, 0.25) is 0 Å². The molecule has 4 aromatic carbocycles. The summed E-state index contributed by atoms with van der Waals surface area (Å²) in [5.74, 6) is 0.469. The van der Waals surface area contributed by atoms with Crippen molar-refractivity contribution in [2.24, 2.45) is 0 Å². The molecule has 0 saturated carbocycles. The minimum Gasteiger partial charge on any atom is -0.507 e. The molecule has 1 aliphatic heterocycles. The van der Waals surface area contributed by atoms with E-state index in [0.29, 0.717) is 18.1 Å². The smallest absolute Gasteiger partial charge is 0.274 e. The first kappa shape index (κ1) is 18.3. The zero-order chi connectivity index (χ0) is 21.1. The molecule has 2 N–H and O–H groups in total. The molecular formula is C26H19ClN2O2. The second-order valence-electron chi connectivity index (χ2n) is 8.11. The normalized spacial score (nSPS) is 15.8. The number of amides is 1. The van der Waals surface area contributed by atoms with Crippen LogP contribution in [0.2, 0.25) is 0 Å². The van der Waals surface area contributed by atoms with E-state index in [-0.39, 0.29) is 17.6 Å². The molecular weight excluding hydrogens is 408 g/mol. The van der Waals surface area contributed by atoms with Crippen LogP contribution in [0.5, 0.6) is 5.75 Å². The van der Waals surface area contributed by atoms with E-state index < -0.39 is 0 Å². The molecule has 5 aromatic rings. The van der Waals surface area contributed by atoms with Gasteiger partial charge in [0.25, 0.3) is 5.91 Å². The summed E-state index contributed by atoms with van der Waals surface area (Å²) in [4.78, 5) is 18.6. The molecule has 1 atom stereocenters. The molecule has 6 rings (SSSR count). The number of hydrogen-bond donors (Lipinski definition) is 2. The molecule has 1 aromatic heterocycles. The van der Waals surface area contributed by atoms with Crippen molar-refractivity contribution in [3.05, 3.63) is 84.1 Å². The van der Waals surface area contributed by atoms with Crippen molar-refractivity contribution in [2.75, 3.05) is 17.3 Å². The largest absolute Gasteiger partial charge is 0.507 e. The Morgan fingerprint density at radius 3 is 2.45 bits per heavy atom. The van der Waals surface area contributed by atoms with Gasteiger partial charge in [-0.05, 0) is 39.9 Å². The second-order valence-corrected chi connectivity index (χ2v) is 8.42. The maximum Gasteiger partial charge on any atom is 0.274 e. The molecule has 5 heteroatoms. The number of nitrogens with one attached hydrogen (secondary N) is 1. The van der Waals surface area contributed by atoms with Crippen LogP contribution in [0.4, 0.5) is 5.69 Å². The lowest BCUT2D eigenvalue weighted by Gasteiger charge is -2.17. The highest BCUT2D eigenvalue weighted by atomic mass is 35.5. The van der Waals surface area contributed by atoms with E-state index in [9.17, 15) is 9.90 Å². The van der Waals surface area contributed by atoms with Crippen LogP contribution in [-0.4, -0.2) is 28.4 Å². The predicted octanol–water partition coefficient (Wildman–Crippen LogP) is 6.16. The Morgan fingerprint density at radius 1 is 0.968 bits per heavy atom. The first-order valence-corrected chi connectivity index (χ1v) is 10.8. The topological polar surface area (TPSA) is 56.3 Å². The second kappa shape index (κ2) is 6.76. The first-order valence-electron chi connectivity index (χ1n) is 10.3. The molecule has 0 aliphatic carbocycles. The molecule has 152 valence electrons. The Labute approximate surface area is 183 Å². The first-order chi connectivity index (χ1) is 15.1. The van der Waals surface area contributed by atoms with Crippen molar-refractivity contribution < 1.29 is 9.90 Å². The summed E-state index contributed by atoms with van der Waals surface area (Å²) < 4.78 is 0. The van der Waals surface area contributed by atoms with E-state index >= 15 is 0 Å². The number of nitrogens with zero attached hydrogens (tertiary/aromatic N) is 1. The number of aromatic amines is 1. The highest BCUT2D eigenvalue weighted by Gasteiger charge is 2.35. The van der Waals surface area contributed by atoms with Crippen LogP contribution < -0.4 is 4.90 Å². The number of fused-ring (bicyclic) bond motifs is 5. The van der Waals surface area contributed by atoms with E-state index in [1.165, 1.54) is 0 Å². The van der Waals surface area contributed by atoms with E-state index in [1.54, 1.807) is 11.0 Å². The number of aromatic nitrogens is 1. The summed E-state index contributed by atoms with van der Waals surface area (Å²) >= 11 is 6.31. The molecule has 0 saturated heterocycles. The van der Waals surface area contributed by atoms with E-state index in [2.05, 4.69) is 29.2 Å². The number of halogens is 1. The van der Waals surface area contributed by atoms with Gasteiger partial charge in [-0.1, -0.05) is 48.5 Å². The minimum absolute atomic E-state index is 0.0121. The molecule has 4 nitrogen and oxygen atoms in total. The van der Waals surface area contributed by atoms with Crippen molar-refractivity contribution >= 4 is 55.6 Å². The van der Waals surface area contributed by atoms with E-state index in [4.69, 9.17) is 11.6 Å². The molecule has 0 bridgehead atoms. The third kappa shape index (κ3) is 2.72. The Bertz CT molecular complexity index is 1450. The van der Waals surface area contributed by atoms with Crippen LogP contribution in [0.15, 0.2) is 72.8 Å². The van der Waals surface area contributed by atoms with Crippen LogP contribution in [0.3, 0.4) is 0 Å². The number of aromatic hydroxyl groups is 1. The predicted molar refractivity (Wildman–Crippen MR) is 127 cm³/mol. The Morgan fingerprint density at radius 2 is 1.68 bits per heavy atom. The molecule has 0 spiro atoms. The van der Waals surface area contributed by atoms with Gasteiger partial charge in [-0.25, -0.2) is 0 Å². The quantitative estimate of drug-likeness (QED) is 0.332. The van der Waals surface area contributed by atoms with Crippen molar-refractivity contribution in [1.29, 1.82) is 0 Å². The molecule has 0 radical (unpaired) electrons. The van der Waals surface area contributed by atoms with Crippen LogP contribution in [-0.2, 0) is 0 Å². The molecule has 1 aliphatic rings. The van der Waals surface area contributed by atoms with Crippen LogP contribution in [0, 0.1) is 0 Å². The monoisotopic (exact) mass is 426 g/mol. The van der Waals surface area contributed by atoms with Gasteiger partial charge in [-0.15, -0.1) is 11.6 Å².